The molecule has 0 heterocycles. The van der Waals surface area contributed by atoms with E-state index in [-0.39, 0.29) is 28.4 Å². The number of hydrogen-bond donors (Lipinski definition) is 4. The Morgan fingerprint density at radius 1 is 0.800 bits per heavy atom. The highest BCUT2D eigenvalue weighted by molar-refractivity contribution is 7.91. The van der Waals surface area contributed by atoms with Gasteiger partial charge in [0.1, 0.15) is 11.5 Å². The lowest BCUT2D eigenvalue weighted by molar-refractivity contribution is 0.102. The fourth-order valence-electron chi connectivity index (χ4n) is 2.83. The molecular formula is C22H20F2N4O6S. The van der Waals surface area contributed by atoms with Crippen molar-refractivity contribution in [1.82, 2.24) is 4.72 Å². The van der Waals surface area contributed by atoms with Crippen LogP contribution in [0.15, 0.2) is 60.7 Å². The Morgan fingerprint density at radius 2 is 1.49 bits per heavy atom. The zero-order valence-corrected chi connectivity index (χ0v) is 19.2. The summed E-state index contributed by atoms with van der Waals surface area (Å²) in [5, 5.41) is 4.68. The summed E-state index contributed by atoms with van der Waals surface area (Å²) in [6.45, 7) is 0. The van der Waals surface area contributed by atoms with Crippen molar-refractivity contribution in [3.05, 3.63) is 77.9 Å². The second-order valence-corrected chi connectivity index (χ2v) is 8.30. The third kappa shape index (κ3) is 6.80. The Labute approximate surface area is 199 Å². The van der Waals surface area contributed by atoms with Gasteiger partial charge in [0, 0.05) is 17.3 Å². The van der Waals surface area contributed by atoms with E-state index in [4.69, 9.17) is 9.47 Å². The number of urea groups is 1. The first-order chi connectivity index (χ1) is 16.6. The fourth-order valence-corrected chi connectivity index (χ4v) is 3.63. The molecule has 0 fully saturated rings. The Kier molecular flexibility index (Phi) is 7.71. The van der Waals surface area contributed by atoms with Gasteiger partial charge < -0.3 is 20.1 Å². The number of carbonyl (C=O) groups is 2. The minimum atomic E-state index is -4.31. The molecule has 0 spiro atoms. The Hall–Kier alpha value is -4.39. The molecule has 0 bridgehead atoms. The molecule has 0 unspecified atom stereocenters. The van der Waals surface area contributed by atoms with E-state index in [9.17, 15) is 26.8 Å². The maximum absolute atomic E-state index is 13.4. The summed E-state index contributed by atoms with van der Waals surface area (Å²) >= 11 is 0. The number of anilines is 3. The third-order valence-corrected chi connectivity index (χ3v) is 5.42. The van der Waals surface area contributed by atoms with Crippen LogP contribution in [-0.4, -0.2) is 34.6 Å². The molecule has 0 atom stereocenters. The quantitative estimate of drug-likeness (QED) is 0.368. The maximum Gasteiger partial charge on any atom is 0.334 e. The van der Waals surface area contributed by atoms with Crippen molar-refractivity contribution >= 4 is 39.2 Å². The van der Waals surface area contributed by atoms with E-state index >= 15 is 0 Å². The average Bonchev–Trinajstić information content (AvgIpc) is 2.81. The number of benzene rings is 3. The first kappa shape index (κ1) is 25.2. The minimum absolute atomic E-state index is 0.00710. The van der Waals surface area contributed by atoms with Crippen molar-refractivity contribution in [2.45, 2.75) is 0 Å². The lowest BCUT2D eigenvalue weighted by atomic mass is 10.1. The van der Waals surface area contributed by atoms with Crippen LogP contribution in [-0.2, 0) is 10.2 Å². The highest BCUT2D eigenvalue weighted by Gasteiger charge is 2.18. The third-order valence-electron chi connectivity index (χ3n) is 4.46. The van der Waals surface area contributed by atoms with Gasteiger partial charge in [0.2, 0.25) is 0 Å². The van der Waals surface area contributed by atoms with E-state index < -0.39 is 33.8 Å². The first-order valence-corrected chi connectivity index (χ1v) is 11.3. The molecule has 0 saturated carbocycles. The smallest absolute Gasteiger partial charge is 0.334 e. The van der Waals surface area contributed by atoms with Crippen molar-refractivity contribution in [3.63, 3.8) is 0 Å². The molecule has 0 aliphatic carbocycles. The number of ether oxygens (including phenoxy) is 2. The van der Waals surface area contributed by atoms with Crippen molar-refractivity contribution in [3.8, 4) is 11.5 Å². The molecule has 13 heteroatoms. The molecule has 184 valence electrons. The van der Waals surface area contributed by atoms with Gasteiger partial charge in [-0.2, -0.15) is 8.42 Å². The molecule has 3 aromatic carbocycles. The summed E-state index contributed by atoms with van der Waals surface area (Å²) in [4.78, 5) is 24.8. The van der Waals surface area contributed by atoms with Crippen LogP contribution in [0.25, 0.3) is 0 Å². The molecule has 3 amide bonds. The van der Waals surface area contributed by atoms with E-state index in [0.717, 1.165) is 12.1 Å². The predicted molar refractivity (Wildman–Crippen MR) is 125 cm³/mol. The van der Waals surface area contributed by atoms with Gasteiger partial charge in [0.05, 0.1) is 25.6 Å². The largest absolute Gasteiger partial charge is 0.497 e. The summed E-state index contributed by atoms with van der Waals surface area (Å²) in [6.07, 6.45) is 0. The number of rotatable bonds is 8. The van der Waals surface area contributed by atoms with Gasteiger partial charge in [-0.3, -0.25) is 9.52 Å². The number of methoxy groups -OCH3 is 2. The molecule has 0 aliphatic rings. The Balaban J connectivity index is 1.70. The van der Waals surface area contributed by atoms with Gasteiger partial charge in [-0.15, -0.1) is 0 Å². The molecule has 10 nitrogen and oxygen atoms in total. The molecule has 0 radical (unpaired) electrons. The average molecular weight is 506 g/mol. The van der Waals surface area contributed by atoms with Crippen molar-refractivity contribution < 1.29 is 36.3 Å². The number of hydrogen-bond acceptors (Lipinski definition) is 6. The van der Waals surface area contributed by atoms with Crippen LogP contribution in [0.1, 0.15) is 10.4 Å². The van der Waals surface area contributed by atoms with E-state index in [1.54, 1.807) is 4.72 Å². The maximum atomic E-state index is 13.4. The molecule has 0 saturated heterocycles. The molecule has 0 aliphatic heterocycles. The van der Waals surface area contributed by atoms with Gasteiger partial charge in [-0.05, 0) is 54.6 Å². The second kappa shape index (κ2) is 10.7. The summed E-state index contributed by atoms with van der Waals surface area (Å²) in [7, 11) is -1.54. The van der Waals surface area contributed by atoms with Crippen LogP contribution in [0.2, 0.25) is 0 Å². The van der Waals surface area contributed by atoms with Crippen LogP contribution in [0.5, 0.6) is 11.5 Å². The summed E-state index contributed by atoms with van der Waals surface area (Å²) in [6, 6.07) is 11.6. The minimum Gasteiger partial charge on any atom is -0.497 e. The highest BCUT2D eigenvalue weighted by atomic mass is 32.2. The van der Waals surface area contributed by atoms with Gasteiger partial charge in [0.25, 0.3) is 5.91 Å². The molecule has 35 heavy (non-hydrogen) atoms. The SMILES string of the molecule is COc1ccc(NS(=O)(=O)NC(=O)Nc2cc(C(=O)Nc3ccc(F)c(F)c3)ccc2OC)cc1. The zero-order chi connectivity index (χ0) is 25.6. The molecule has 3 rings (SSSR count). The van der Waals surface area contributed by atoms with Crippen LogP contribution in [0.4, 0.5) is 30.6 Å². The van der Waals surface area contributed by atoms with Crippen LogP contribution < -0.4 is 29.6 Å². The molecular weight excluding hydrogens is 486 g/mol. The highest BCUT2D eigenvalue weighted by Crippen LogP contribution is 2.26. The molecule has 4 N–H and O–H groups in total. The fraction of sp³-hybridized carbons (Fsp3) is 0.0909. The van der Waals surface area contributed by atoms with Gasteiger partial charge in [-0.25, -0.2) is 18.3 Å². The van der Waals surface area contributed by atoms with Crippen LogP contribution in [0, 0.1) is 11.6 Å². The lowest BCUT2D eigenvalue weighted by Gasteiger charge is -2.14. The summed E-state index contributed by atoms with van der Waals surface area (Å²) < 4.78 is 65.1. The normalized spacial score (nSPS) is 10.7. The Morgan fingerprint density at radius 3 is 2.11 bits per heavy atom. The van der Waals surface area contributed by atoms with E-state index in [2.05, 4.69) is 15.4 Å². The van der Waals surface area contributed by atoms with Crippen LogP contribution in [0.3, 0.4) is 0 Å². The zero-order valence-electron chi connectivity index (χ0n) is 18.4. The standard InChI is InChI=1S/C22H20F2N4O6S/c1-33-16-7-4-14(5-8-16)27-35(31,32)28-22(30)26-19-11-13(3-10-20(19)34-2)21(29)25-15-6-9-17(23)18(24)12-15/h3-12,27H,1-2H3,(H,25,29)(H2,26,28,30). The predicted octanol–water partition coefficient (Wildman–Crippen LogP) is 3.71. The monoisotopic (exact) mass is 506 g/mol. The van der Waals surface area contributed by atoms with Gasteiger partial charge >= 0.3 is 16.2 Å². The summed E-state index contributed by atoms with van der Waals surface area (Å²) in [5.74, 6) is -2.26. The van der Waals surface area contributed by atoms with Crippen molar-refractivity contribution in [2.24, 2.45) is 0 Å². The van der Waals surface area contributed by atoms with Crippen LogP contribution >= 0.6 is 0 Å². The number of halogens is 2. The van der Waals surface area contributed by atoms with E-state index in [0.29, 0.717) is 5.75 Å². The lowest BCUT2D eigenvalue weighted by Crippen LogP contribution is -2.38. The van der Waals surface area contributed by atoms with E-state index in [1.165, 1.54) is 62.8 Å². The number of carbonyl (C=O) groups excluding carboxylic acids is 2. The van der Waals surface area contributed by atoms with Crippen molar-refractivity contribution in [1.29, 1.82) is 0 Å². The molecule has 0 aromatic heterocycles. The topological polar surface area (TPSA) is 135 Å². The second-order valence-electron chi connectivity index (χ2n) is 6.89. The van der Waals surface area contributed by atoms with Gasteiger partial charge in [-0.1, -0.05) is 0 Å². The Bertz CT molecular complexity index is 1350. The van der Waals surface area contributed by atoms with Crippen molar-refractivity contribution in [2.75, 3.05) is 29.6 Å². The van der Waals surface area contributed by atoms with Gasteiger partial charge in [0.15, 0.2) is 11.6 Å². The number of nitrogens with one attached hydrogen (secondary N) is 4. The number of amides is 3. The molecule has 3 aromatic rings. The summed E-state index contributed by atoms with van der Waals surface area (Å²) in [5.41, 5.74) is 0.180. The van der Waals surface area contributed by atoms with E-state index in [1.807, 2.05) is 0 Å². The first-order valence-electron chi connectivity index (χ1n) is 9.80.